The number of carbonyl (C=O) groups excluding carboxylic acids is 2. The molecule has 0 aromatic heterocycles. The number of ether oxygens (including phenoxy) is 1. The lowest BCUT2D eigenvalue weighted by Gasteiger charge is -2.11. The number of nitrogens with one attached hydrogen (secondary N) is 2. The molecule has 0 fully saturated rings. The summed E-state index contributed by atoms with van der Waals surface area (Å²) in [6.07, 6.45) is 1.70. The Kier molecular flexibility index (Phi) is 6.31. The minimum atomic E-state index is -0.575. The summed E-state index contributed by atoms with van der Waals surface area (Å²) < 4.78 is 18.3. The van der Waals surface area contributed by atoms with Crippen molar-refractivity contribution in [3.63, 3.8) is 0 Å². The third kappa shape index (κ3) is 5.08. The molecule has 0 spiro atoms. The fraction of sp³-hybridized carbons (Fsp3) is 0.222. The first-order valence-corrected chi connectivity index (χ1v) is 7.70. The van der Waals surface area contributed by atoms with Gasteiger partial charge in [-0.2, -0.15) is 0 Å². The number of benzene rings is 2. The van der Waals surface area contributed by atoms with E-state index >= 15 is 0 Å². The van der Waals surface area contributed by atoms with Crippen LogP contribution < -0.4 is 10.6 Å². The summed E-state index contributed by atoms with van der Waals surface area (Å²) >= 11 is 0. The number of carbonyl (C=O) groups is 2. The lowest BCUT2D eigenvalue weighted by molar-refractivity contribution is 0.0501. The van der Waals surface area contributed by atoms with E-state index in [9.17, 15) is 14.0 Å². The van der Waals surface area contributed by atoms with E-state index in [2.05, 4.69) is 10.6 Å². The zero-order valence-electron chi connectivity index (χ0n) is 13.3. The van der Waals surface area contributed by atoms with Crippen LogP contribution in [0.1, 0.15) is 30.1 Å². The van der Waals surface area contributed by atoms with Gasteiger partial charge in [0.05, 0.1) is 17.9 Å². The largest absolute Gasteiger partial charge is 0.462 e. The minimum absolute atomic E-state index is 0.267. The van der Waals surface area contributed by atoms with Crippen LogP contribution >= 0.6 is 0 Å². The zero-order valence-corrected chi connectivity index (χ0v) is 13.3. The van der Waals surface area contributed by atoms with Gasteiger partial charge in [0.1, 0.15) is 5.82 Å². The van der Waals surface area contributed by atoms with Crippen LogP contribution in [0.4, 0.5) is 20.6 Å². The van der Waals surface area contributed by atoms with Gasteiger partial charge in [-0.05, 0) is 36.8 Å². The van der Waals surface area contributed by atoms with Crippen molar-refractivity contribution in [2.24, 2.45) is 0 Å². The molecule has 2 aromatic rings. The number of anilines is 2. The topological polar surface area (TPSA) is 67.4 Å². The Hall–Kier alpha value is -2.89. The molecule has 0 aliphatic carbocycles. The van der Waals surface area contributed by atoms with E-state index in [0.29, 0.717) is 18.0 Å². The normalized spacial score (nSPS) is 10.1. The zero-order chi connectivity index (χ0) is 17.4. The predicted octanol–water partition coefficient (Wildman–Crippen LogP) is 4.43. The first-order chi connectivity index (χ1) is 11.6. The third-order valence-corrected chi connectivity index (χ3v) is 3.21. The molecular formula is C18H19FN2O3. The highest BCUT2D eigenvalue weighted by molar-refractivity contribution is 6.05. The molecular weight excluding hydrogens is 311 g/mol. The van der Waals surface area contributed by atoms with Crippen LogP contribution in [-0.4, -0.2) is 18.6 Å². The number of rotatable bonds is 6. The maximum Gasteiger partial charge on any atom is 0.340 e. The molecule has 126 valence electrons. The molecule has 0 saturated carbocycles. The summed E-state index contributed by atoms with van der Waals surface area (Å²) in [5, 5.41) is 5.08. The van der Waals surface area contributed by atoms with Crippen LogP contribution in [0.5, 0.6) is 0 Å². The van der Waals surface area contributed by atoms with Gasteiger partial charge in [0.2, 0.25) is 0 Å². The Labute approximate surface area is 139 Å². The smallest absolute Gasteiger partial charge is 0.340 e. The maximum atomic E-state index is 13.1. The first kappa shape index (κ1) is 17.5. The van der Waals surface area contributed by atoms with E-state index < -0.39 is 17.8 Å². The van der Waals surface area contributed by atoms with Crippen molar-refractivity contribution in [1.29, 1.82) is 0 Å². The highest BCUT2D eigenvalue weighted by atomic mass is 19.1. The molecule has 2 rings (SSSR count). The average Bonchev–Trinajstić information content (AvgIpc) is 2.55. The molecule has 24 heavy (non-hydrogen) atoms. The van der Waals surface area contributed by atoms with Gasteiger partial charge in [-0.15, -0.1) is 0 Å². The summed E-state index contributed by atoms with van der Waals surface area (Å²) in [5.41, 5.74) is 0.909. The first-order valence-electron chi connectivity index (χ1n) is 7.70. The number of para-hydroxylation sites is 1. The van der Waals surface area contributed by atoms with Crippen LogP contribution in [0.25, 0.3) is 0 Å². The molecule has 2 amide bonds. The molecule has 0 heterocycles. The molecule has 0 unspecified atom stereocenters. The molecule has 0 aliphatic rings. The standard InChI is InChI=1S/C18H19FN2O3/c1-2-3-11-24-17(22)15-9-4-5-10-16(15)21-18(23)20-14-8-6-7-13(19)12-14/h4-10,12H,2-3,11H2,1H3,(H2,20,21,23). The lowest BCUT2D eigenvalue weighted by Crippen LogP contribution is -2.21. The van der Waals surface area contributed by atoms with Gasteiger partial charge < -0.3 is 15.4 Å². The third-order valence-electron chi connectivity index (χ3n) is 3.21. The van der Waals surface area contributed by atoms with Crippen LogP contribution in [0, 0.1) is 5.82 Å². The van der Waals surface area contributed by atoms with Crippen LogP contribution in [0.3, 0.4) is 0 Å². The van der Waals surface area contributed by atoms with Crippen molar-refractivity contribution in [2.75, 3.05) is 17.2 Å². The Balaban J connectivity index is 2.03. The SMILES string of the molecule is CCCCOC(=O)c1ccccc1NC(=O)Nc1cccc(F)c1. The van der Waals surface area contributed by atoms with Crippen LogP contribution in [0.2, 0.25) is 0 Å². The number of amides is 2. The van der Waals surface area contributed by atoms with Gasteiger partial charge in [0.25, 0.3) is 0 Å². The molecule has 2 aromatic carbocycles. The molecule has 2 N–H and O–H groups in total. The Morgan fingerprint density at radius 1 is 1.08 bits per heavy atom. The molecule has 0 radical (unpaired) electrons. The summed E-state index contributed by atoms with van der Waals surface area (Å²) in [4.78, 5) is 24.1. The van der Waals surface area contributed by atoms with Gasteiger partial charge in [0.15, 0.2) is 0 Å². The van der Waals surface area contributed by atoms with Gasteiger partial charge in [-0.1, -0.05) is 31.5 Å². The molecule has 6 heteroatoms. The van der Waals surface area contributed by atoms with E-state index in [4.69, 9.17) is 4.74 Å². The van der Waals surface area contributed by atoms with Crippen LogP contribution in [-0.2, 0) is 4.74 Å². The molecule has 0 aliphatic heterocycles. The van der Waals surface area contributed by atoms with Crippen LogP contribution in [0.15, 0.2) is 48.5 Å². The number of esters is 1. The molecule has 0 atom stereocenters. The van der Waals surface area contributed by atoms with Gasteiger partial charge in [0, 0.05) is 5.69 Å². The molecule has 0 saturated heterocycles. The second-order valence-electron chi connectivity index (χ2n) is 5.12. The van der Waals surface area contributed by atoms with Gasteiger partial charge >= 0.3 is 12.0 Å². The van der Waals surface area contributed by atoms with Crippen molar-refractivity contribution in [1.82, 2.24) is 0 Å². The highest BCUT2D eigenvalue weighted by Crippen LogP contribution is 2.17. The molecule has 0 bridgehead atoms. The van der Waals surface area contributed by atoms with Crippen molar-refractivity contribution >= 4 is 23.4 Å². The summed E-state index contributed by atoms with van der Waals surface area (Å²) in [7, 11) is 0. The predicted molar refractivity (Wildman–Crippen MR) is 90.7 cm³/mol. The number of hydrogen-bond donors (Lipinski definition) is 2. The summed E-state index contributed by atoms with van der Waals surface area (Å²) in [6, 6.07) is 11.5. The number of unbranched alkanes of at least 4 members (excludes halogenated alkanes) is 1. The second kappa shape index (κ2) is 8.67. The Bertz CT molecular complexity index is 719. The molecule has 5 nitrogen and oxygen atoms in total. The van der Waals surface area contributed by atoms with Crippen molar-refractivity contribution in [3.05, 3.63) is 59.9 Å². The van der Waals surface area contributed by atoms with E-state index in [-0.39, 0.29) is 5.56 Å². The number of urea groups is 1. The average molecular weight is 330 g/mol. The number of halogens is 1. The van der Waals surface area contributed by atoms with E-state index in [1.807, 2.05) is 6.92 Å². The van der Waals surface area contributed by atoms with Gasteiger partial charge in [-0.25, -0.2) is 14.0 Å². The van der Waals surface area contributed by atoms with Crippen molar-refractivity contribution in [3.8, 4) is 0 Å². The van der Waals surface area contributed by atoms with E-state index in [0.717, 1.165) is 12.8 Å². The van der Waals surface area contributed by atoms with E-state index in [1.54, 1.807) is 30.3 Å². The Morgan fingerprint density at radius 2 is 1.88 bits per heavy atom. The summed E-state index contributed by atoms with van der Waals surface area (Å²) in [5.74, 6) is -0.946. The highest BCUT2D eigenvalue weighted by Gasteiger charge is 2.14. The quantitative estimate of drug-likeness (QED) is 0.608. The van der Waals surface area contributed by atoms with Crippen molar-refractivity contribution < 1.29 is 18.7 Å². The Morgan fingerprint density at radius 3 is 2.62 bits per heavy atom. The second-order valence-corrected chi connectivity index (χ2v) is 5.12. The monoisotopic (exact) mass is 330 g/mol. The summed E-state index contributed by atoms with van der Waals surface area (Å²) in [6.45, 7) is 2.33. The van der Waals surface area contributed by atoms with E-state index in [1.165, 1.54) is 18.2 Å². The lowest BCUT2D eigenvalue weighted by atomic mass is 10.2. The maximum absolute atomic E-state index is 13.1. The fourth-order valence-electron chi connectivity index (χ4n) is 2.01. The van der Waals surface area contributed by atoms with Gasteiger partial charge in [-0.3, -0.25) is 0 Å². The number of hydrogen-bond acceptors (Lipinski definition) is 3. The fourth-order valence-corrected chi connectivity index (χ4v) is 2.01. The van der Waals surface area contributed by atoms with Crippen molar-refractivity contribution in [2.45, 2.75) is 19.8 Å². The minimum Gasteiger partial charge on any atom is -0.462 e.